The van der Waals surface area contributed by atoms with E-state index in [1.165, 1.54) is 0 Å². The monoisotopic (exact) mass is 439 g/mol. The van der Waals surface area contributed by atoms with Gasteiger partial charge in [-0.05, 0) is 36.1 Å². The van der Waals surface area contributed by atoms with E-state index >= 15 is 0 Å². The second-order valence-corrected chi connectivity index (χ2v) is 8.37. The Balaban J connectivity index is 1.73. The summed E-state index contributed by atoms with van der Waals surface area (Å²) in [5.41, 5.74) is 2.01. The highest BCUT2D eigenvalue weighted by atomic mass is 32.2. The van der Waals surface area contributed by atoms with Crippen molar-refractivity contribution in [3.8, 4) is 11.8 Å². The minimum Gasteiger partial charge on any atom is -0.497 e. The number of anilines is 1. The molecule has 1 aliphatic heterocycles. The maximum Gasteiger partial charge on any atom is 0.234 e. The van der Waals surface area contributed by atoms with Crippen LogP contribution < -0.4 is 15.4 Å². The third-order valence-corrected chi connectivity index (χ3v) is 6.34. The predicted molar refractivity (Wildman–Crippen MR) is 120 cm³/mol. The zero-order valence-corrected chi connectivity index (χ0v) is 18.2. The molecule has 2 aromatic carbocycles. The number of thioether (sulfide) groups is 2. The van der Waals surface area contributed by atoms with Gasteiger partial charge in [-0.3, -0.25) is 9.59 Å². The third kappa shape index (κ3) is 5.38. The van der Waals surface area contributed by atoms with Crippen molar-refractivity contribution in [2.24, 2.45) is 0 Å². The van der Waals surface area contributed by atoms with Gasteiger partial charge in [-0.2, -0.15) is 5.26 Å². The number of hydrogen-bond acceptors (Lipinski definition) is 6. The molecule has 1 atom stereocenters. The maximum absolute atomic E-state index is 12.4. The lowest BCUT2D eigenvalue weighted by Gasteiger charge is -2.25. The standard InChI is InChI=1S/C22H21N3O3S2/c1-28-16-5-3-4-15(10-16)24-21(27)13-30-22-19(12-23)18(11-20(26)25-22)14-6-8-17(29-2)9-7-14/h3-10,18H,11,13H2,1-2H3,(H,24,27)(H,25,26)/t18-/m1/s1. The number of hydrogen-bond donors (Lipinski definition) is 2. The molecule has 0 unspecified atom stereocenters. The third-order valence-electron chi connectivity index (χ3n) is 4.58. The summed E-state index contributed by atoms with van der Waals surface area (Å²) >= 11 is 2.79. The van der Waals surface area contributed by atoms with Crippen molar-refractivity contribution in [1.82, 2.24) is 5.32 Å². The summed E-state index contributed by atoms with van der Waals surface area (Å²) in [6.45, 7) is 0. The highest BCUT2D eigenvalue weighted by Crippen LogP contribution is 2.36. The fourth-order valence-electron chi connectivity index (χ4n) is 3.09. The lowest BCUT2D eigenvalue weighted by molar-refractivity contribution is -0.121. The van der Waals surface area contributed by atoms with Gasteiger partial charge in [0.2, 0.25) is 11.8 Å². The van der Waals surface area contributed by atoms with Crippen LogP contribution in [0.15, 0.2) is 64.0 Å². The average Bonchev–Trinajstić information content (AvgIpc) is 2.77. The van der Waals surface area contributed by atoms with Crippen molar-refractivity contribution in [3.05, 3.63) is 64.7 Å². The number of nitrogens with one attached hydrogen (secondary N) is 2. The van der Waals surface area contributed by atoms with E-state index in [0.717, 1.165) is 22.2 Å². The first-order valence-electron chi connectivity index (χ1n) is 9.18. The van der Waals surface area contributed by atoms with Crippen LogP contribution in [0.4, 0.5) is 5.69 Å². The van der Waals surface area contributed by atoms with Crippen LogP contribution in [-0.2, 0) is 9.59 Å². The lowest BCUT2D eigenvalue weighted by atomic mass is 9.87. The molecule has 0 radical (unpaired) electrons. The Morgan fingerprint density at radius 1 is 1.30 bits per heavy atom. The van der Waals surface area contributed by atoms with Crippen LogP contribution in [0, 0.1) is 11.3 Å². The lowest BCUT2D eigenvalue weighted by Crippen LogP contribution is -2.31. The van der Waals surface area contributed by atoms with Crippen LogP contribution in [0.5, 0.6) is 5.75 Å². The fraction of sp³-hybridized carbons (Fsp3) is 0.227. The first-order chi connectivity index (χ1) is 14.5. The zero-order valence-electron chi connectivity index (χ0n) is 16.6. The molecular weight excluding hydrogens is 418 g/mol. The van der Waals surface area contributed by atoms with Crippen LogP contribution in [-0.4, -0.2) is 30.9 Å². The fourth-order valence-corrected chi connectivity index (χ4v) is 4.37. The summed E-state index contributed by atoms with van der Waals surface area (Å²) in [5.74, 6) is -0.00773. The molecule has 0 aliphatic carbocycles. The van der Waals surface area contributed by atoms with E-state index in [-0.39, 0.29) is 29.9 Å². The Bertz CT molecular complexity index is 1010. The summed E-state index contributed by atoms with van der Waals surface area (Å²) in [6, 6.07) is 17.2. The number of carbonyl (C=O) groups is 2. The number of rotatable bonds is 7. The molecule has 2 N–H and O–H groups in total. The van der Waals surface area contributed by atoms with Gasteiger partial charge in [-0.25, -0.2) is 0 Å². The van der Waals surface area contributed by atoms with Gasteiger partial charge in [-0.1, -0.05) is 30.0 Å². The Kier molecular flexibility index (Phi) is 7.44. The minimum absolute atomic E-state index is 0.0656. The summed E-state index contributed by atoms with van der Waals surface area (Å²) < 4.78 is 5.15. The highest BCUT2D eigenvalue weighted by Gasteiger charge is 2.29. The van der Waals surface area contributed by atoms with Crippen LogP contribution in [0.2, 0.25) is 0 Å². The number of nitriles is 1. The highest BCUT2D eigenvalue weighted by molar-refractivity contribution is 8.03. The molecule has 2 aromatic rings. The Morgan fingerprint density at radius 3 is 2.73 bits per heavy atom. The van der Waals surface area contributed by atoms with Crippen LogP contribution in [0.25, 0.3) is 0 Å². The van der Waals surface area contributed by atoms with E-state index in [0.29, 0.717) is 22.0 Å². The molecule has 1 heterocycles. The molecule has 2 amide bonds. The van der Waals surface area contributed by atoms with Gasteiger partial charge in [0.1, 0.15) is 5.75 Å². The van der Waals surface area contributed by atoms with Crippen LogP contribution in [0.3, 0.4) is 0 Å². The smallest absolute Gasteiger partial charge is 0.234 e. The average molecular weight is 440 g/mol. The second-order valence-electron chi connectivity index (χ2n) is 6.50. The van der Waals surface area contributed by atoms with Gasteiger partial charge in [0.05, 0.1) is 29.5 Å². The molecular formula is C22H21N3O3S2. The van der Waals surface area contributed by atoms with Gasteiger partial charge in [0.25, 0.3) is 0 Å². The van der Waals surface area contributed by atoms with E-state index in [9.17, 15) is 14.9 Å². The van der Waals surface area contributed by atoms with E-state index in [1.807, 2.05) is 30.5 Å². The summed E-state index contributed by atoms with van der Waals surface area (Å²) in [5, 5.41) is 15.7. The molecule has 30 heavy (non-hydrogen) atoms. The van der Waals surface area contributed by atoms with Crippen molar-refractivity contribution in [3.63, 3.8) is 0 Å². The molecule has 0 saturated carbocycles. The number of ether oxygens (including phenoxy) is 1. The molecule has 6 nitrogen and oxygen atoms in total. The Labute approximate surface area is 184 Å². The van der Waals surface area contributed by atoms with Crippen molar-refractivity contribution >= 4 is 41.0 Å². The normalized spacial score (nSPS) is 15.9. The molecule has 8 heteroatoms. The Morgan fingerprint density at radius 2 is 2.07 bits per heavy atom. The minimum atomic E-state index is -0.316. The van der Waals surface area contributed by atoms with Crippen LogP contribution >= 0.6 is 23.5 Å². The number of allylic oxidation sites excluding steroid dienone is 1. The first kappa shape index (κ1) is 21.8. The number of benzene rings is 2. The van der Waals surface area contributed by atoms with E-state index < -0.39 is 0 Å². The summed E-state index contributed by atoms with van der Waals surface area (Å²) in [4.78, 5) is 25.7. The van der Waals surface area contributed by atoms with E-state index in [2.05, 4.69) is 16.7 Å². The molecule has 0 aromatic heterocycles. The van der Waals surface area contributed by atoms with Crippen molar-refractivity contribution < 1.29 is 14.3 Å². The van der Waals surface area contributed by atoms with Gasteiger partial charge in [-0.15, -0.1) is 11.8 Å². The number of methoxy groups -OCH3 is 1. The maximum atomic E-state index is 12.4. The van der Waals surface area contributed by atoms with E-state index in [1.54, 1.807) is 43.1 Å². The largest absolute Gasteiger partial charge is 0.497 e. The van der Waals surface area contributed by atoms with Gasteiger partial charge in [0, 0.05) is 29.0 Å². The number of amides is 2. The molecule has 0 spiro atoms. The van der Waals surface area contributed by atoms with Crippen molar-refractivity contribution in [2.75, 3.05) is 24.4 Å². The van der Waals surface area contributed by atoms with Crippen LogP contribution in [0.1, 0.15) is 17.9 Å². The van der Waals surface area contributed by atoms with Crippen molar-refractivity contribution in [2.45, 2.75) is 17.2 Å². The Hall–Kier alpha value is -2.89. The van der Waals surface area contributed by atoms with Gasteiger partial charge < -0.3 is 15.4 Å². The van der Waals surface area contributed by atoms with Gasteiger partial charge >= 0.3 is 0 Å². The molecule has 1 aliphatic rings. The van der Waals surface area contributed by atoms with E-state index in [4.69, 9.17) is 4.74 Å². The molecule has 3 rings (SSSR count). The molecule has 0 fully saturated rings. The summed E-state index contributed by atoms with van der Waals surface area (Å²) in [7, 11) is 1.56. The molecule has 0 saturated heterocycles. The molecule has 154 valence electrons. The summed E-state index contributed by atoms with van der Waals surface area (Å²) in [6.07, 6.45) is 2.20. The van der Waals surface area contributed by atoms with Crippen molar-refractivity contribution in [1.29, 1.82) is 5.26 Å². The SMILES string of the molecule is COc1cccc(NC(=O)CSC2=C(C#N)[C@@H](c3ccc(SC)cc3)CC(=O)N2)c1. The van der Waals surface area contributed by atoms with Gasteiger partial charge in [0.15, 0.2) is 0 Å². The first-order valence-corrected chi connectivity index (χ1v) is 11.4. The quantitative estimate of drug-likeness (QED) is 0.631. The number of carbonyl (C=O) groups excluding carboxylic acids is 2. The zero-order chi connectivity index (χ0) is 21.5. The predicted octanol–water partition coefficient (Wildman–Crippen LogP) is 4.13. The second kappa shape index (κ2) is 10.2. The molecule has 0 bridgehead atoms. The number of nitrogens with zero attached hydrogens (tertiary/aromatic N) is 1. The topological polar surface area (TPSA) is 91.2 Å².